The van der Waals surface area contributed by atoms with Crippen molar-refractivity contribution in [2.45, 2.75) is 5.03 Å². The molecule has 2 aromatic heterocycles. The molecule has 0 unspecified atom stereocenters. The van der Waals surface area contributed by atoms with E-state index >= 15 is 0 Å². The predicted octanol–water partition coefficient (Wildman–Crippen LogP) is 5.61. The van der Waals surface area contributed by atoms with E-state index in [2.05, 4.69) is 33.5 Å². The Balaban J connectivity index is 1.51. The number of aromatic nitrogens is 2. The molecule has 0 spiro atoms. The van der Waals surface area contributed by atoms with Crippen LogP contribution in [0.25, 0.3) is 20.7 Å². The number of nitriles is 1. The molecule has 4 aromatic rings. The molecule has 29 heavy (non-hydrogen) atoms. The zero-order chi connectivity index (χ0) is 20.2. The van der Waals surface area contributed by atoms with E-state index in [1.807, 2.05) is 24.3 Å². The molecule has 5 nitrogen and oxygen atoms in total. The second kappa shape index (κ2) is 8.62. The highest BCUT2D eigenvalue weighted by Gasteiger charge is 2.13. The minimum absolute atomic E-state index is 0.153. The SMILES string of the molecule is N#Cc1ccc(Cl)cc1NC(=O)CSc1ncnc2sc(-c3ccccc3)cc12. The number of nitrogens with zero attached hydrogens (tertiary/aromatic N) is 3. The number of thiophene rings is 1. The van der Waals surface area contributed by atoms with Crippen molar-refractivity contribution in [3.8, 4) is 16.5 Å². The first-order valence-electron chi connectivity index (χ1n) is 8.56. The summed E-state index contributed by atoms with van der Waals surface area (Å²) in [5.41, 5.74) is 1.89. The molecule has 8 heteroatoms. The van der Waals surface area contributed by atoms with Crippen LogP contribution in [-0.2, 0) is 4.79 Å². The second-order valence-corrected chi connectivity index (χ2v) is 8.44. The Labute approximate surface area is 180 Å². The number of rotatable bonds is 5. The summed E-state index contributed by atoms with van der Waals surface area (Å²) < 4.78 is 0. The van der Waals surface area contributed by atoms with E-state index in [1.165, 1.54) is 18.1 Å². The molecule has 1 amide bonds. The number of amides is 1. The van der Waals surface area contributed by atoms with Gasteiger partial charge in [-0.25, -0.2) is 9.97 Å². The van der Waals surface area contributed by atoms with Gasteiger partial charge in [-0.15, -0.1) is 11.3 Å². The first-order chi connectivity index (χ1) is 14.1. The van der Waals surface area contributed by atoms with Crippen LogP contribution in [0.5, 0.6) is 0 Å². The van der Waals surface area contributed by atoms with Crippen LogP contribution in [0.3, 0.4) is 0 Å². The maximum atomic E-state index is 12.4. The summed E-state index contributed by atoms with van der Waals surface area (Å²) >= 11 is 8.89. The first-order valence-corrected chi connectivity index (χ1v) is 10.7. The van der Waals surface area contributed by atoms with Crippen molar-refractivity contribution in [2.24, 2.45) is 0 Å². The van der Waals surface area contributed by atoms with Crippen molar-refractivity contribution in [1.82, 2.24) is 9.97 Å². The fourth-order valence-corrected chi connectivity index (χ4v) is 4.74. The third-order valence-electron chi connectivity index (χ3n) is 4.07. The molecule has 0 fully saturated rings. The van der Waals surface area contributed by atoms with Crippen LogP contribution in [-0.4, -0.2) is 21.6 Å². The second-order valence-electron chi connectivity index (χ2n) is 6.01. The van der Waals surface area contributed by atoms with Gasteiger partial charge in [-0.2, -0.15) is 5.26 Å². The van der Waals surface area contributed by atoms with E-state index in [0.29, 0.717) is 16.3 Å². The third kappa shape index (κ3) is 4.40. The number of benzene rings is 2. The van der Waals surface area contributed by atoms with E-state index in [1.54, 1.807) is 29.5 Å². The molecule has 142 valence electrons. The van der Waals surface area contributed by atoms with Gasteiger partial charge >= 0.3 is 0 Å². The van der Waals surface area contributed by atoms with Crippen molar-refractivity contribution in [2.75, 3.05) is 11.1 Å². The van der Waals surface area contributed by atoms with Gasteiger partial charge < -0.3 is 5.32 Å². The van der Waals surface area contributed by atoms with E-state index in [0.717, 1.165) is 25.7 Å². The molecular weight excluding hydrogens is 424 g/mol. The number of hydrogen-bond donors (Lipinski definition) is 1. The zero-order valence-electron chi connectivity index (χ0n) is 14.9. The number of carbonyl (C=O) groups is 1. The van der Waals surface area contributed by atoms with Crippen molar-refractivity contribution >= 4 is 56.5 Å². The lowest BCUT2D eigenvalue weighted by Crippen LogP contribution is -2.15. The van der Waals surface area contributed by atoms with Gasteiger partial charge in [0.1, 0.15) is 22.3 Å². The number of halogens is 1. The number of fused-ring (bicyclic) bond motifs is 1. The van der Waals surface area contributed by atoms with Gasteiger partial charge in [0.25, 0.3) is 0 Å². The fourth-order valence-electron chi connectivity index (χ4n) is 2.73. The van der Waals surface area contributed by atoms with E-state index < -0.39 is 0 Å². The molecule has 0 atom stereocenters. The maximum absolute atomic E-state index is 12.4. The summed E-state index contributed by atoms with van der Waals surface area (Å²) in [4.78, 5) is 23.1. The standard InChI is InChI=1S/C21H13ClN4OS2/c22-15-7-6-14(10-23)17(8-15)26-19(27)11-28-20-16-9-18(13-4-2-1-3-5-13)29-21(16)25-12-24-20/h1-9,12H,11H2,(H,26,27). The van der Waals surface area contributed by atoms with Crippen LogP contribution >= 0.6 is 34.7 Å². The van der Waals surface area contributed by atoms with Gasteiger partial charge in [0, 0.05) is 15.3 Å². The van der Waals surface area contributed by atoms with Crippen molar-refractivity contribution in [3.05, 3.63) is 71.5 Å². The van der Waals surface area contributed by atoms with Gasteiger partial charge in [0.15, 0.2) is 0 Å². The Morgan fingerprint density at radius 2 is 2.00 bits per heavy atom. The average molecular weight is 437 g/mol. The normalized spacial score (nSPS) is 10.6. The number of hydrogen-bond acceptors (Lipinski definition) is 6. The Morgan fingerprint density at radius 3 is 2.79 bits per heavy atom. The molecule has 1 N–H and O–H groups in total. The lowest BCUT2D eigenvalue weighted by molar-refractivity contribution is -0.113. The Morgan fingerprint density at radius 1 is 1.17 bits per heavy atom. The van der Waals surface area contributed by atoms with E-state index in [4.69, 9.17) is 11.6 Å². The van der Waals surface area contributed by atoms with E-state index in [-0.39, 0.29) is 11.7 Å². The highest BCUT2D eigenvalue weighted by Crippen LogP contribution is 2.36. The summed E-state index contributed by atoms with van der Waals surface area (Å²) in [6, 6.07) is 18.9. The summed E-state index contributed by atoms with van der Waals surface area (Å²) in [5, 5.41) is 14.0. The molecule has 0 radical (unpaired) electrons. The van der Waals surface area contributed by atoms with Crippen molar-refractivity contribution in [1.29, 1.82) is 5.26 Å². The highest BCUT2D eigenvalue weighted by molar-refractivity contribution is 8.00. The molecule has 0 aliphatic carbocycles. The molecule has 2 aromatic carbocycles. The quantitative estimate of drug-likeness (QED) is 0.324. The fraction of sp³-hybridized carbons (Fsp3) is 0.0476. The predicted molar refractivity (Wildman–Crippen MR) is 118 cm³/mol. The number of thioether (sulfide) groups is 1. The van der Waals surface area contributed by atoms with Crippen molar-refractivity contribution < 1.29 is 4.79 Å². The lowest BCUT2D eigenvalue weighted by atomic mass is 10.2. The van der Waals surface area contributed by atoms with Crippen LogP contribution in [0.1, 0.15) is 5.56 Å². The number of anilines is 1. The summed E-state index contributed by atoms with van der Waals surface area (Å²) in [6.07, 6.45) is 1.51. The van der Waals surface area contributed by atoms with Crippen LogP contribution in [0.2, 0.25) is 5.02 Å². The summed E-state index contributed by atoms with van der Waals surface area (Å²) in [6.45, 7) is 0. The Bertz CT molecular complexity index is 1230. The topological polar surface area (TPSA) is 78.7 Å². The van der Waals surface area contributed by atoms with Gasteiger partial charge in [0.05, 0.1) is 17.0 Å². The van der Waals surface area contributed by atoms with Crippen LogP contribution in [0, 0.1) is 11.3 Å². The summed E-state index contributed by atoms with van der Waals surface area (Å²) in [7, 11) is 0. The zero-order valence-corrected chi connectivity index (χ0v) is 17.3. The molecular formula is C21H13ClN4OS2. The Hall–Kier alpha value is -2.92. The van der Waals surface area contributed by atoms with Crippen LogP contribution in [0.15, 0.2) is 66.0 Å². The molecule has 0 saturated heterocycles. The number of nitrogens with one attached hydrogen (secondary N) is 1. The van der Waals surface area contributed by atoms with Gasteiger partial charge in [0.2, 0.25) is 5.91 Å². The van der Waals surface area contributed by atoms with Gasteiger partial charge in [-0.3, -0.25) is 4.79 Å². The smallest absolute Gasteiger partial charge is 0.234 e. The number of carbonyl (C=O) groups excluding carboxylic acids is 1. The monoisotopic (exact) mass is 436 g/mol. The maximum Gasteiger partial charge on any atom is 0.234 e. The molecule has 0 aliphatic rings. The highest BCUT2D eigenvalue weighted by atomic mass is 35.5. The summed E-state index contributed by atoms with van der Waals surface area (Å²) in [5.74, 6) is -0.0842. The lowest BCUT2D eigenvalue weighted by Gasteiger charge is -2.07. The van der Waals surface area contributed by atoms with E-state index in [9.17, 15) is 10.1 Å². The van der Waals surface area contributed by atoms with Crippen LogP contribution < -0.4 is 5.32 Å². The molecule has 0 aliphatic heterocycles. The first kappa shape index (κ1) is 19.4. The molecule has 0 bridgehead atoms. The minimum atomic E-state index is -0.237. The average Bonchev–Trinajstić information content (AvgIpc) is 3.18. The molecule has 0 saturated carbocycles. The van der Waals surface area contributed by atoms with Crippen LogP contribution in [0.4, 0.5) is 5.69 Å². The van der Waals surface area contributed by atoms with Crippen molar-refractivity contribution in [3.63, 3.8) is 0 Å². The molecule has 4 rings (SSSR count). The third-order valence-corrected chi connectivity index (χ3v) is 6.40. The van der Waals surface area contributed by atoms with Gasteiger partial charge in [-0.05, 0) is 29.8 Å². The molecule has 2 heterocycles. The van der Waals surface area contributed by atoms with Gasteiger partial charge in [-0.1, -0.05) is 53.7 Å². The minimum Gasteiger partial charge on any atom is -0.324 e. The largest absolute Gasteiger partial charge is 0.324 e. The Kier molecular flexibility index (Phi) is 5.76.